The van der Waals surface area contributed by atoms with E-state index in [9.17, 15) is 9.59 Å². The second-order valence-corrected chi connectivity index (χ2v) is 3.92. The van der Waals surface area contributed by atoms with Crippen LogP contribution in [0.1, 0.15) is 12.8 Å². The Morgan fingerprint density at radius 3 is 1.33 bits per heavy atom. The Morgan fingerprint density at radius 1 is 0.917 bits per heavy atom. The summed E-state index contributed by atoms with van der Waals surface area (Å²) < 4.78 is 0. The first kappa shape index (κ1) is 12.5. The molecule has 70 valence electrons. The first-order valence-electron chi connectivity index (χ1n) is 3.12. The highest BCUT2D eigenvalue weighted by Gasteiger charge is 2.18. The summed E-state index contributed by atoms with van der Waals surface area (Å²) in [6.07, 6.45) is 0.493. The third-order valence-corrected chi connectivity index (χ3v) is 2.75. The van der Waals surface area contributed by atoms with E-state index in [1.54, 1.807) is 0 Å². The van der Waals surface area contributed by atoms with E-state index in [1.165, 1.54) is 0 Å². The average Bonchev–Trinajstić information content (AvgIpc) is 1.98. The number of hydrogen-bond donors (Lipinski definition) is 0. The van der Waals surface area contributed by atoms with Crippen molar-refractivity contribution in [1.29, 1.82) is 0 Å². The van der Waals surface area contributed by atoms with Crippen molar-refractivity contribution in [1.82, 2.24) is 0 Å². The molecule has 2 atom stereocenters. The number of carbonyl (C=O) groups excluding carboxylic acids is 2. The highest BCUT2D eigenvalue weighted by molar-refractivity contribution is 6.69. The van der Waals surface area contributed by atoms with E-state index in [0.29, 0.717) is 0 Å². The fraction of sp³-hybridized carbons (Fsp3) is 0.667. The van der Waals surface area contributed by atoms with Crippen molar-refractivity contribution in [3.8, 4) is 0 Å². The molecule has 0 amide bonds. The molecule has 0 aliphatic heterocycles. The highest BCUT2D eigenvalue weighted by atomic mass is 35.5. The van der Waals surface area contributed by atoms with Crippen molar-refractivity contribution in [3.05, 3.63) is 0 Å². The largest absolute Gasteiger partial charge is 0.280 e. The van der Waals surface area contributed by atoms with Crippen LogP contribution in [0, 0.1) is 0 Å². The minimum atomic E-state index is -0.802. The van der Waals surface area contributed by atoms with Gasteiger partial charge in [-0.1, -0.05) is 0 Å². The Hall–Kier alpha value is 0.500. The molecule has 0 spiro atoms. The van der Waals surface area contributed by atoms with Gasteiger partial charge in [0.05, 0.1) is 0 Å². The van der Waals surface area contributed by atoms with Crippen molar-refractivity contribution >= 4 is 56.9 Å². The Kier molecular flexibility index (Phi) is 6.28. The lowest BCUT2D eigenvalue weighted by Gasteiger charge is -2.05. The SMILES string of the molecule is O=C(Cl)C(Cl)CCC(Cl)C(=O)Cl. The first-order chi connectivity index (χ1) is 5.45. The maximum absolute atomic E-state index is 10.4. The zero-order valence-electron chi connectivity index (χ0n) is 5.90. The summed E-state index contributed by atoms with van der Waals surface area (Å²) in [7, 11) is 0. The van der Waals surface area contributed by atoms with Crippen molar-refractivity contribution < 1.29 is 9.59 Å². The Labute approximate surface area is 90.1 Å². The van der Waals surface area contributed by atoms with Crippen molar-refractivity contribution in [2.24, 2.45) is 0 Å². The molecule has 0 heterocycles. The standard InChI is InChI=1S/C6H6Cl4O2/c7-3(5(9)11)1-2-4(8)6(10)12/h3-4H,1-2H2. The van der Waals surface area contributed by atoms with Gasteiger partial charge in [-0.05, 0) is 36.0 Å². The summed E-state index contributed by atoms with van der Waals surface area (Å²) in [5, 5.41) is -2.90. The van der Waals surface area contributed by atoms with Crippen LogP contribution >= 0.6 is 46.4 Å². The average molecular weight is 252 g/mol. The Bertz CT molecular complexity index is 162. The summed E-state index contributed by atoms with van der Waals surface area (Å²) in [5.74, 6) is 0. The fourth-order valence-electron chi connectivity index (χ4n) is 0.520. The normalized spacial score (nSPS) is 15.3. The summed E-state index contributed by atoms with van der Waals surface area (Å²) in [6, 6.07) is 0. The number of carbonyl (C=O) groups is 2. The lowest BCUT2D eigenvalue weighted by atomic mass is 10.2. The molecular formula is C6H6Cl4O2. The Morgan fingerprint density at radius 2 is 1.17 bits per heavy atom. The third-order valence-electron chi connectivity index (χ3n) is 1.17. The van der Waals surface area contributed by atoms with Gasteiger partial charge in [0, 0.05) is 0 Å². The Balaban J connectivity index is 3.68. The van der Waals surface area contributed by atoms with Crippen LogP contribution in [-0.2, 0) is 9.59 Å². The molecule has 0 aromatic rings. The van der Waals surface area contributed by atoms with Gasteiger partial charge >= 0.3 is 0 Å². The van der Waals surface area contributed by atoms with Gasteiger partial charge in [0.25, 0.3) is 0 Å². The maximum atomic E-state index is 10.4. The molecule has 0 saturated carbocycles. The van der Waals surface area contributed by atoms with E-state index in [4.69, 9.17) is 46.4 Å². The van der Waals surface area contributed by atoms with Gasteiger partial charge in [0.15, 0.2) is 0 Å². The van der Waals surface area contributed by atoms with E-state index in [-0.39, 0.29) is 12.8 Å². The summed E-state index contributed by atoms with van der Waals surface area (Å²) in [5.41, 5.74) is 0. The number of hydrogen-bond acceptors (Lipinski definition) is 2. The van der Waals surface area contributed by atoms with Crippen LogP contribution in [-0.4, -0.2) is 21.2 Å². The van der Waals surface area contributed by atoms with E-state index < -0.39 is 21.2 Å². The lowest BCUT2D eigenvalue weighted by molar-refractivity contribution is -0.113. The molecule has 12 heavy (non-hydrogen) atoms. The van der Waals surface area contributed by atoms with E-state index in [2.05, 4.69) is 0 Å². The second kappa shape index (κ2) is 6.03. The van der Waals surface area contributed by atoms with Crippen LogP contribution in [0.5, 0.6) is 0 Å². The van der Waals surface area contributed by atoms with Crippen LogP contribution in [0.15, 0.2) is 0 Å². The molecular weight excluding hydrogens is 246 g/mol. The molecule has 0 aromatic heterocycles. The number of alkyl halides is 2. The van der Waals surface area contributed by atoms with Crippen LogP contribution in [0.4, 0.5) is 0 Å². The van der Waals surface area contributed by atoms with Gasteiger partial charge < -0.3 is 0 Å². The molecule has 0 fully saturated rings. The topological polar surface area (TPSA) is 34.1 Å². The molecule has 2 nitrogen and oxygen atoms in total. The number of halogens is 4. The predicted molar refractivity (Wildman–Crippen MR) is 50.2 cm³/mol. The molecule has 0 saturated heterocycles. The van der Waals surface area contributed by atoms with Gasteiger partial charge in [0.2, 0.25) is 10.5 Å². The zero-order valence-corrected chi connectivity index (χ0v) is 8.92. The predicted octanol–water partition coefficient (Wildman–Crippen LogP) is 2.51. The minimum Gasteiger partial charge on any atom is -0.280 e. The molecule has 6 heteroatoms. The summed E-state index contributed by atoms with van der Waals surface area (Å²) >= 11 is 21.1. The quantitative estimate of drug-likeness (QED) is 0.556. The van der Waals surface area contributed by atoms with Gasteiger partial charge in [-0.2, -0.15) is 0 Å². The molecule has 2 unspecified atom stereocenters. The van der Waals surface area contributed by atoms with Gasteiger partial charge in [-0.15, -0.1) is 23.2 Å². The van der Waals surface area contributed by atoms with E-state index >= 15 is 0 Å². The van der Waals surface area contributed by atoms with Crippen molar-refractivity contribution in [2.75, 3.05) is 0 Å². The van der Waals surface area contributed by atoms with Gasteiger partial charge in [-0.25, -0.2) is 0 Å². The molecule has 0 bridgehead atoms. The monoisotopic (exact) mass is 250 g/mol. The summed E-state index contributed by atoms with van der Waals surface area (Å²) in [4.78, 5) is 20.8. The smallest absolute Gasteiger partial charge is 0.239 e. The molecule has 0 aliphatic rings. The van der Waals surface area contributed by atoms with Crippen LogP contribution in [0.2, 0.25) is 0 Å². The molecule has 0 N–H and O–H groups in total. The van der Waals surface area contributed by atoms with Crippen LogP contribution < -0.4 is 0 Å². The van der Waals surface area contributed by atoms with Crippen molar-refractivity contribution in [3.63, 3.8) is 0 Å². The highest BCUT2D eigenvalue weighted by Crippen LogP contribution is 2.15. The summed E-state index contributed by atoms with van der Waals surface area (Å²) in [6.45, 7) is 0. The molecule has 0 rings (SSSR count). The lowest BCUT2D eigenvalue weighted by Crippen LogP contribution is -2.14. The van der Waals surface area contributed by atoms with Crippen LogP contribution in [0.25, 0.3) is 0 Å². The zero-order chi connectivity index (χ0) is 9.72. The molecule has 0 aromatic carbocycles. The number of rotatable bonds is 5. The first-order valence-corrected chi connectivity index (χ1v) is 4.75. The maximum Gasteiger partial charge on any atom is 0.239 e. The van der Waals surface area contributed by atoms with Gasteiger partial charge in [-0.3, -0.25) is 9.59 Å². The van der Waals surface area contributed by atoms with Crippen LogP contribution in [0.3, 0.4) is 0 Å². The fourth-order valence-corrected chi connectivity index (χ4v) is 0.990. The van der Waals surface area contributed by atoms with Crippen molar-refractivity contribution in [2.45, 2.75) is 23.6 Å². The van der Waals surface area contributed by atoms with E-state index in [1.807, 2.05) is 0 Å². The molecule has 0 aliphatic carbocycles. The van der Waals surface area contributed by atoms with Gasteiger partial charge in [0.1, 0.15) is 10.8 Å². The second-order valence-electron chi connectivity index (χ2n) is 2.12. The van der Waals surface area contributed by atoms with E-state index in [0.717, 1.165) is 0 Å². The molecule has 0 radical (unpaired) electrons. The minimum absolute atomic E-state index is 0.247. The third kappa shape index (κ3) is 5.20.